The van der Waals surface area contributed by atoms with E-state index in [1.165, 1.54) is 7.11 Å². The first-order chi connectivity index (χ1) is 26.9. The van der Waals surface area contributed by atoms with E-state index in [9.17, 15) is 38.7 Å². The highest BCUT2D eigenvalue weighted by molar-refractivity contribution is 5.96. The third-order valence-corrected chi connectivity index (χ3v) is 8.29. The molecule has 57 heavy (non-hydrogen) atoms. The lowest BCUT2D eigenvalue weighted by Gasteiger charge is -2.28. The lowest BCUT2D eigenvalue weighted by molar-refractivity contribution is -0.147. The number of nitrogens with one attached hydrogen (secondary N) is 5. The van der Waals surface area contributed by atoms with E-state index < -0.39 is 90.6 Å². The van der Waals surface area contributed by atoms with Crippen LogP contribution in [0.4, 0.5) is 4.79 Å². The standard InChI is InChI=1S/C36H59N11O10/c1-20(2)27(32(53)47-28(21(3)4)33(54)56-5)46-31(52)25(15-16-26(48)49)44-29(50)23(13-9-17-41-34(37)38)43-30(51)24(14-10-18-42-35(39)40)45-36(55)57-19-22-11-7-6-8-12-22/h6-8,11-12,20-21,23-25,27-28H,9-10,13-19H2,1-5H3,(H,43,51)(H,44,50)(H,45,55)(H,46,52)(H,47,53)(H,48,49)(H4,37,38,41)(H4,39,40,42)/t23-,24-,25-,27-,28-/m0/s1. The number of esters is 1. The smallest absolute Gasteiger partial charge is 0.408 e. The van der Waals surface area contributed by atoms with E-state index in [-0.39, 0.29) is 63.2 Å². The molecular weight excluding hydrogens is 746 g/mol. The molecule has 0 spiro atoms. The zero-order valence-corrected chi connectivity index (χ0v) is 33.1. The molecule has 0 aliphatic heterocycles. The average molecular weight is 806 g/mol. The van der Waals surface area contributed by atoms with Gasteiger partial charge in [0.2, 0.25) is 23.6 Å². The number of ether oxygens (including phenoxy) is 2. The third kappa shape index (κ3) is 19.8. The summed E-state index contributed by atoms with van der Waals surface area (Å²) < 4.78 is 10.1. The van der Waals surface area contributed by atoms with Crippen LogP contribution in [0.1, 0.15) is 71.8 Å². The molecule has 0 unspecified atom stereocenters. The highest BCUT2D eigenvalue weighted by Gasteiger charge is 2.34. The quantitative estimate of drug-likeness (QED) is 0.0237. The van der Waals surface area contributed by atoms with Crippen molar-refractivity contribution < 1.29 is 48.1 Å². The van der Waals surface area contributed by atoms with Crippen LogP contribution in [0, 0.1) is 11.8 Å². The van der Waals surface area contributed by atoms with Gasteiger partial charge >= 0.3 is 18.0 Å². The van der Waals surface area contributed by atoms with Crippen LogP contribution in [0.25, 0.3) is 0 Å². The van der Waals surface area contributed by atoms with E-state index in [1.54, 1.807) is 58.0 Å². The Kier molecular flexibility index (Phi) is 22.2. The molecule has 0 aliphatic rings. The van der Waals surface area contributed by atoms with Gasteiger partial charge in [-0.15, -0.1) is 0 Å². The number of hydrogen-bond donors (Lipinski definition) is 10. The van der Waals surface area contributed by atoms with Crippen molar-refractivity contribution in [2.24, 2.45) is 44.8 Å². The van der Waals surface area contributed by atoms with Crippen LogP contribution in [0.15, 0.2) is 40.3 Å². The van der Waals surface area contributed by atoms with Crippen LogP contribution in [0.5, 0.6) is 0 Å². The van der Waals surface area contributed by atoms with Crippen LogP contribution < -0.4 is 49.5 Å². The maximum atomic E-state index is 13.9. The molecule has 0 fully saturated rings. The molecule has 0 aromatic heterocycles. The molecule has 21 heteroatoms. The minimum atomic E-state index is -1.50. The van der Waals surface area contributed by atoms with Crippen molar-refractivity contribution >= 4 is 53.6 Å². The van der Waals surface area contributed by atoms with Crippen molar-refractivity contribution in [3.8, 4) is 0 Å². The number of aliphatic carboxylic acids is 1. The number of carboxylic acid groups (broad SMARTS) is 1. The van der Waals surface area contributed by atoms with Crippen LogP contribution in [0.3, 0.4) is 0 Å². The molecule has 0 heterocycles. The number of benzene rings is 1. The molecule has 1 aromatic rings. The molecule has 318 valence electrons. The summed E-state index contributed by atoms with van der Waals surface area (Å²) in [5.74, 6) is -6.53. The van der Waals surface area contributed by atoms with Gasteiger partial charge in [-0.3, -0.25) is 34.0 Å². The van der Waals surface area contributed by atoms with E-state index in [0.29, 0.717) is 5.56 Å². The fraction of sp³-hybridized carbons (Fsp3) is 0.583. The maximum Gasteiger partial charge on any atom is 0.408 e. The SMILES string of the molecule is COC(=O)[C@@H](NC(=O)[C@@H](NC(=O)[C@H](CCC(=O)O)NC(=O)[C@H](CCCN=C(N)N)NC(=O)[C@H](CCCN=C(N)N)NC(=O)OCc1ccccc1)C(C)C)C(C)C. The number of rotatable bonds is 25. The Labute approximate surface area is 331 Å². The Hall–Kier alpha value is -6.15. The fourth-order valence-electron chi connectivity index (χ4n) is 5.19. The first-order valence-electron chi connectivity index (χ1n) is 18.4. The number of aliphatic imine (C=N–C) groups is 2. The number of guanidine groups is 2. The number of carboxylic acids is 1. The number of alkyl carbamates (subject to hydrolysis) is 1. The normalized spacial score (nSPS) is 13.4. The molecule has 0 saturated carbocycles. The molecule has 14 N–H and O–H groups in total. The second-order valence-corrected chi connectivity index (χ2v) is 13.7. The molecule has 5 atom stereocenters. The molecule has 21 nitrogen and oxygen atoms in total. The third-order valence-electron chi connectivity index (χ3n) is 8.29. The molecule has 1 rings (SSSR count). The summed E-state index contributed by atoms with van der Waals surface area (Å²) in [6.45, 7) is 6.75. The predicted molar refractivity (Wildman–Crippen MR) is 210 cm³/mol. The number of hydrogen-bond acceptors (Lipinski definition) is 11. The topological polar surface area (TPSA) is 347 Å². The Morgan fingerprint density at radius 2 is 1.11 bits per heavy atom. The summed E-state index contributed by atoms with van der Waals surface area (Å²) in [6, 6.07) is 2.47. The van der Waals surface area contributed by atoms with Crippen LogP contribution in [-0.2, 0) is 44.8 Å². The number of nitrogens with zero attached hydrogens (tertiary/aromatic N) is 2. The second-order valence-electron chi connectivity index (χ2n) is 13.7. The minimum absolute atomic E-state index is 0.0152. The van der Waals surface area contributed by atoms with Crippen molar-refractivity contribution in [2.45, 2.75) is 103 Å². The van der Waals surface area contributed by atoms with Crippen molar-refractivity contribution in [1.82, 2.24) is 26.6 Å². The summed E-state index contributed by atoms with van der Waals surface area (Å²) in [7, 11) is 1.17. The second kappa shape index (κ2) is 25.8. The molecule has 0 bridgehead atoms. The first-order valence-corrected chi connectivity index (χ1v) is 18.4. The van der Waals surface area contributed by atoms with Crippen LogP contribution >= 0.6 is 0 Å². The summed E-state index contributed by atoms with van der Waals surface area (Å²) in [5, 5.41) is 22.2. The van der Waals surface area contributed by atoms with E-state index in [1.807, 2.05) is 0 Å². The van der Waals surface area contributed by atoms with E-state index in [0.717, 1.165) is 0 Å². The van der Waals surface area contributed by atoms with Crippen LogP contribution in [-0.4, -0.2) is 109 Å². The molecule has 0 radical (unpaired) electrons. The summed E-state index contributed by atoms with van der Waals surface area (Å²) in [5.41, 5.74) is 22.4. The van der Waals surface area contributed by atoms with Gasteiger partial charge in [0.1, 0.15) is 36.8 Å². The van der Waals surface area contributed by atoms with E-state index in [4.69, 9.17) is 32.4 Å². The molecule has 0 aliphatic carbocycles. The van der Waals surface area contributed by atoms with Gasteiger partial charge in [-0.1, -0.05) is 58.0 Å². The van der Waals surface area contributed by atoms with E-state index >= 15 is 0 Å². The molecule has 1 aromatic carbocycles. The summed E-state index contributed by atoms with van der Waals surface area (Å²) >= 11 is 0. The number of methoxy groups -OCH3 is 1. The number of carbonyl (C=O) groups excluding carboxylic acids is 6. The van der Waals surface area contributed by atoms with Gasteiger partial charge in [-0.2, -0.15) is 0 Å². The van der Waals surface area contributed by atoms with Gasteiger partial charge in [0.15, 0.2) is 11.9 Å². The first kappa shape index (κ1) is 48.9. The monoisotopic (exact) mass is 805 g/mol. The lowest BCUT2D eigenvalue weighted by Crippen LogP contribution is -2.60. The highest BCUT2D eigenvalue weighted by atomic mass is 16.5. The zero-order chi connectivity index (χ0) is 43.1. The number of carbonyl (C=O) groups is 7. The highest BCUT2D eigenvalue weighted by Crippen LogP contribution is 2.11. The van der Waals surface area contributed by atoms with E-state index in [2.05, 4.69) is 36.6 Å². The Morgan fingerprint density at radius 3 is 1.56 bits per heavy atom. The Bertz CT molecular complexity index is 1550. The molecular formula is C36H59N11O10. The van der Waals surface area contributed by atoms with Gasteiger partial charge in [-0.05, 0) is 49.5 Å². The predicted octanol–water partition coefficient (Wildman–Crippen LogP) is -1.32. The molecule has 5 amide bonds. The summed E-state index contributed by atoms with van der Waals surface area (Å²) in [6.07, 6.45) is -1.53. The van der Waals surface area contributed by atoms with Crippen molar-refractivity contribution in [2.75, 3.05) is 20.2 Å². The Balaban J connectivity index is 3.35. The summed E-state index contributed by atoms with van der Waals surface area (Å²) in [4.78, 5) is 99.0. The zero-order valence-electron chi connectivity index (χ0n) is 33.1. The van der Waals surface area contributed by atoms with Gasteiger partial charge < -0.3 is 64.1 Å². The largest absolute Gasteiger partial charge is 0.481 e. The van der Waals surface area contributed by atoms with Crippen LogP contribution in [0.2, 0.25) is 0 Å². The number of nitrogens with two attached hydrogens (primary N) is 4. The minimum Gasteiger partial charge on any atom is -0.481 e. The van der Waals surface area contributed by atoms with Crippen molar-refractivity contribution in [3.05, 3.63) is 35.9 Å². The number of amides is 5. The Morgan fingerprint density at radius 1 is 0.649 bits per heavy atom. The van der Waals surface area contributed by atoms with Gasteiger partial charge in [0.25, 0.3) is 0 Å². The lowest BCUT2D eigenvalue weighted by atomic mass is 9.99. The van der Waals surface area contributed by atoms with Gasteiger partial charge in [-0.25, -0.2) is 9.59 Å². The van der Waals surface area contributed by atoms with Gasteiger partial charge in [0, 0.05) is 19.5 Å². The van der Waals surface area contributed by atoms with Crippen molar-refractivity contribution in [3.63, 3.8) is 0 Å². The van der Waals surface area contributed by atoms with Gasteiger partial charge in [0.05, 0.1) is 7.11 Å². The molecule has 0 saturated heterocycles. The fourth-order valence-corrected chi connectivity index (χ4v) is 5.19. The van der Waals surface area contributed by atoms with Crippen molar-refractivity contribution in [1.29, 1.82) is 0 Å². The average Bonchev–Trinajstić information content (AvgIpc) is 3.15. The maximum absolute atomic E-state index is 13.9.